The van der Waals surface area contributed by atoms with Crippen LogP contribution in [0.1, 0.15) is 15.9 Å². The van der Waals surface area contributed by atoms with Crippen LogP contribution in [0.25, 0.3) is 11.3 Å². The second-order valence-electron chi connectivity index (χ2n) is 5.84. The van der Waals surface area contributed by atoms with E-state index in [1.807, 2.05) is 42.5 Å². The SMILES string of the molecule is Cn1cc(C(=O)NC(CO)Cc2ccncc2)c(-c2ccccc2)n1. The predicted molar refractivity (Wildman–Crippen MR) is 94.9 cm³/mol. The molecule has 2 heterocycles. The van der Waals surface area contributed by atoms with Gasteiger partial charge in [0.25, 0.3) is 5.91 Å². The molecule has 128 valence electrons. The van der Waals surface area contributed by atoms with Crippen LogP contribution in [0, 0.1) is 0 Å². The molecule has 1 unspecified atom stereocenters. The van der Waals surface area contributed by atoms with E-state index in [0.29, 0.717) is 17.7 Å². The quantitative estimate of drug-likeness (QED) is 0.719. The Morgan fingerprint density at radius 1 is 1.20 bits per heavy atom. The molecule has 1 amide bonds. The van der Waals surface area contributed by atoms with Crippen LogP contribution in [-0.2, 0) is 13.5 Å². The van der Waals surface area contributed by atoms with Crippen molar-refractivity contribution in [2.45, 2.75) is 12.5 Å². The number of rotatable bonds is 6. The summed E-state index contributed by atoms with van der Waals surface area (Å²) in [6.07, 6.45) is 5.62. The monoisotopic (exact) mass is 336 g/mol. The van der Waals surface area contributed by atoms with Gasteiger partial charge in [-0.3, -0.25) is 14.5 Å². The summed E-state index contributed by atoms with van der Waals surface area (Å²) in [5.74, 6) is -0.250. The van der Waals surface area contributed by atoms with Gasteiger partial charge >= 0.3 is 0 Å². The molecule has 6 nitrogen and oxygen atoms in total. The van der Waals surface area contributed by atoms with Crippen LogP contribution in [0.15, 0.2) is 61.1 Å². The number of benzene rings is 1. The van der Waals surface area contributed by atoms with Gasteiger partial charge in [-0.2, -0.15) is 5.10 Å². The smallest absolute Gasteiger partial charge is 0.255 e. The largest absolute Gasteiger partial charge is 0.394 e. The van der Waals surface area contributed by atoms with Gasteiger partial charge in [-0.25, -0.2) is 0 Å². The summed E-state index contributed by atoms with van der Waals surface area (Å²) in [4.78, 5) is 16.7. The molecule has 25 heavy (non-hydrogen) atoms. The minimum atomic E-state index is -0.376. The highest BCUT2D eigenvalue weighted by Crippen LogP contribution is 2.21. The predicted octanol–water partition coefficient (Wildman–Crippen LogP) is 1.82. The third kappa shape index (κ3) is 4.10. The zero-order valence-electron chi connectivity index (χ0n) is 14.0. The van der Waals surface area contributed by atoms with Crippen molar-refractivity contribution in [3.63, 3.8) is 0 Å². The Kier molecular flexibility index (Phi) is 5.20. The van der Waals surface area contributed by atoms with Gasteiger partial charge < -0.3 is 10.4 Å². The lowest BCUT2D eigenvalue weighted by molar-refractivity contribution is 0.0917. The van der Waals surface area contributed by atoms with Crippen molar-refractivity contribution in [2.75, 3.05) is 6.61 Å². The maximum Gasteiger partial charge on any atom is 0.255 e. The molecule has 0 saturated carbocycles. The van der Waals surface area contributed by atoms with E-state index in [0.717, 1.165) is 11.1 Å². The normalized spacial score (nSPS) is 11.9. The van der Waals surface area contributed by atoms with E-state index in [1.54, 1.807) is 30.3 Å². The number of aryl methyl sites for hydroxylation is 1. The maximum absolute atomic E-state index is 12.7. The van der Waals surface area contributed by atoms with Crippen molar-refractivity contribution in [3.8, 4) is 11.3 Å². The van der Waals surface area contributed by atoms with Crippen LogP contribution in [-0.4, -0.2) is 38.4 Å². The highest BCUT2D eigenvalue weighted by Gasteiger charge is 2.20. The number of nitrogens with one attached hydrogen (secondary N) is 1. The topological polar surface area (TPSA) is 80.0 Å². The number of carbonyl (C=O) groups is 1. The minimum absolute atomic E-state index is 0.144. The van der Waals surface area contributed by atoms with E-state index in [2.05, 4.69) is 15.4 Å². The third-order valence-electron chi connectivity index (χ3n) is 3.91. The summed E-state index contributed by atoms with van der Waals surface area (Å²) in [6, 6.07) is 12.9. The minimum Gasteiger partial charge on any atom is -0.394 e. The van der Waals surface area contributed by atoms with Crippen LogP contribution in [0.5, 0.6) is 0 Å². The molecule has 0 radical (unpaired) electrons. The first kappa shape index (κ1) is 16.9. The molecule has 2 aromatic heterocycles. The van der Waals surface area contributed by atoms with Crippen molar-refractivity contribution in [1.29, 1.82) is 0 Å². The molecule has 0 spiro atoms. The number of hydrogen-bond acceptors (Lipinski definition) is 4. The summed E-state index contributed by atoms with van der Waals surface area (Å²) in [6.45, 7) is -0.144. The van der Waals surface area contributed by atoms with Crippen LogP contribution >= 0.6 is 0 Å². The van der Waals surface area contributed by atoms with Crippen LogP contribution < -0.4 is 5.32 Å². The average molecular weight is 336 g/mol. The Morgan fingerprint density at radius 3 is 2.60 bits per heavy atom. The van der Waals surface area contributed by atoms with Crippen molar-refractivity contribution >= 4 is 5.91 Å². The Balaban J connectivity index is 1.79. The molecule has 0 bridgehead atoms. The lowest BCUT2D eigenvalue weighted by atomic mass is 10.1. The number of nitrogens with zero attached hydrogens (tertiary/aromatic N) is 3. The maximum atomic E-state index is 12.7. The summed E-state index contributed by atoms with van der Waals surface area (Å²) >= 11 is 0. The molecule has 0 aliphatic carbocycles. The average Bonchev–Trinajstić information content (AvgIpc) is 3.04. The standard InChI is InChI=1S/C19H20N4O2/c1-23-12-17(18(22-23)15-5-3-2-4-6-15)19(25)21-16(13-24)11-14-7-9-20-10-8-14/h2-10,12,16,24H,11,13H2,1H3,(H,21,25). The van der Waals surface area contributed by atoms with E-state index < -0.39 is 0 Å². The first-order valence-corrected chi connectivity index (χ1v) is 8.07. The highest BCUT2D eigenvalue weighted by molar-refractivity contribution is 6.00. The van der Waals surface area contributed by atoms with Crippen LogP contribution in [0.3, 0.4) is 0 Å². The zero-order valence-corrected chi connectivity index (χ0v) is 14.0. The Morgan fingerprint density at radius 2 is 1.92 bits per heavy atom. The number of amides is 1. The number of pyridine rings is 1. The molecule has 0 aliphatic heterocycles. The van der Waals surface area contributed by atoms with Gasteiger partial charge in [0.2, 0.25) is 0 Å². The molecule has 1 aromatic carbocycles. The Labute approximate surface area is 146 Å². The Bertz CT molecular complexity index is 831. The van der Waals surface area contributed by atoms with E-state index in [-0.39, 0.29) is 18.6 Å². The summed E-state index contributed by atoms with van der Waals surface area (Å²) in [5, 5.41) is 16.9. The van der Waals surface area contributed by atoms with Crippen molar-refractivity contribution in [1.82, 2.24) is 20.1 Å². The van der Waals surface area contributed by atoms with Gasteiger partial charge in [0, 0.05) is 31.2 Å². The first-order chi connectivity index (χ1) is 12.2. The molecule has 3 aromatic rings. The molecular weight excluding hydrogens is 316 g/mol. The second-order valence-corrected chi connectivity index (χ2v) is 5.84. The number of aliphatic hydroxyl groups is 1. The van der Waals surface area contributed by atoms with Crippen molar-refractivity contribution < 1.29 is 9.90 Å². The van der Waals surface area contributed by atoms with Crippen LogP contribution in [0.4, 0.5) is 0 Å². The van der Waals surface area contributed by atoms with Crippen molar-refractivity contribution in [3.05, 3.63) is 72.2 Å². The Hall–Kier alpha value is -2.99. The molecule has 2 N–H and O–H groups in total. The summed E-state index contributed by atoms with van der Waals surface area (Å²) in [5.41, 5.74) is 3.00. The third-order valence-corrected chi connectivity index (χ3v) is 3.91. The highest BCUT2D eigenvalue weighted by atomic mass is 16.3. The fraction of sp³-hybridized carbons (Fsp3) is 0.211. The number of aliphatic hydroxyl groups excluding tert-OH is 1. The van der Waals surface area contributed by atoms with Gasteiger partial charge in [0.05, 0.1) is 18.2 Å². The van der Waals surface area contributed by atoms with Gasteiger partial charge in [-0.1, -0.05) is 30.3 Å². The number of hydrogen-bond donors (Lipinski definition) is 2. The van der Waals surface area contributed by atoms with Gasteiger partial charge in [0.1, 0.15) is 5.69 Å². The molecule has 0 aliphatic rings. The summed E-state index contributed by atoms with van der Waals surface area (Å²) in [7, 11) is 1.78. The van der Waals surface area contributed by atoms with Gasteiger partial charge in [0.15, 0.2) is 0 Å². The lowest BCUT2D eigenvalue weighted by Gasteiger charge is -2.16. The van der Waals surface area contributed by atoms with Gasteiger partial charge in [-0.05, 0) is 24.1 Å². The zero-order chi connectivity index (χ0) is 17.6. The van der Waals surface area contributed by atoms with Crippen molar-refractivity contribution in [2.24, 2.45) is 7.05 Å². The fourth-order valence-corrected chi connectivity index (χ4v) is 2.69. The van der Waals surface area contributed by atoms with E-state index >= 15 is 0 Å². The van der Waals surface area contributed by atoms with E-state index in [9.17, 15) is 9.90 Å². The van der Waals surface area contributed by atoms with Crippen LogP contribution in [0.2, 0.25) is 0 Å². The molecule has 3 rings (SSSR count). The fourth-order valence-electron chi connectivity index (χ4n) is 2.69. The number of carbonyl (C=O) groups excluding carboxylic acids is 1. The second kappa shape index (κ2) is 7.72. The van der Waals surface area contributed by atoms with E-state index in [4.69, 9.17) is 0 Å². The molecule has 6 heteroatoms. The first-order valence-electron chi connectivity index (χ1n) is 8.07. The van der Waals surface area contributed by atoms with Gasteiger partial charge in [-0.15, -0.1) is 0 Å². The molecule has 0 saturated heterocycles. The van der Waals surface area contributed by atoms with E-state index in [1.165, 1.54) is 0 Å². The number of aromatic nitrogens is 3. The lowest BCUT2D eigenvalue weighted by Crippen LogP contribution is -2.39. The molecule has 1 atom stereocenters. The molecule has 0 fully saturated rings. The molecular formula is C19H20N4O2. The summed E-state index contributed by atoms with van der Waals surface area (Å²) < 4.78 is 1.62.